The third-order valence-electron chi connectivity index (χ3n) is 6.00. The number of benzene rings is 2. The number of ether oxygens (including phenoxy) is 1. The van der Waals surface area contributed by atoms with Gasteiger partial charge in [0.25, 0.3) is 11.8 Å². The van der Waals surface area contributed by atoms with E-state index in [4.69, 9.17) is 13.6 Å². The van der Waals surface area contributed by atoms with Crippen LogP contribution in [0.25, 0.3) is 11.7 Å². The Labute approximate surface area is 213 Å². The summed E-state index contributed by atoms with van der Waals surface area (Å²) in [5, 5.41) is -0.217. The van der Waals surface area contributed by atoms with Crippen molar-refractivity contribution in [3.8, 4) is 17.4 Å². The molecule has 2 aromatic carbocycles. The number of amides is 1. The highest BCUT2D eigenvalue weighted by atomic mass is 32.2. The first-order valence-corrected chi connectivity index (χ1v) is 13.1. The van der Waals surface area contributed by atoms with Gasteiger partial charge in [-0.15, -0.1) is 0 Å². The van der Waals surface area contributed by atoms with Crippen molar-refractivity contribution in [3.05, 3.63) is 78.3 Å². The maximum Gasteiger partial charge on any atom is 0.266 e. The van der Waals surface area contributed by atoms with Crippen LogP contribution in [0.5, 0.6) is 5.75 Å². The van der Waals surface area contributed by atoms with Crippen LogP contribution in [0, 0.1) is 12.7 Å². The monoisotopic (exact) mass is 525 g/mol. The van der Waals surface area contributed by atoms with Crippen LogP contribution in [0.1, 0.15) is 5.56 Å². The van der Waals surface area contributed by atoms with E-state index >= 15 is 0 Å². The Hall–Kier alpha value is -4.12. The number of anilines is 1. The third-order valence-corrected chi connectivity index (χ3v) is 7.67. The Balaban J connectivity index is 1.35. The normalized spacial score (nSPS) is 14.1. The van der Waals surface area contributed by atoms with E-state index in [2.05, 4.69) is 4.98 Å². The Kier molecular flexibility index (Phi) is 6.70. The van der Waals surface area contributed by atoms with Gasteiger partial charge in [-0.05, 0) is 43.3 Å². The molecule has 1 aliphatic heterocycles. The number of piperazine rings is 1. The van der Waals surface area contributed by atoms with E-state index in [1.165, 1.54) is 36.6 Å². The first-order chi connectivity index (χ1) is 17.8. The molecule has 192 valence electrons. The van der Waals surface area contributed by atoms with Crippen LogP contribution in [-0.4, -0.2) is 57.0 Å². The van der Waals surface area contributed by atoms with Gasteiger partial charge in [-0.25, -0.2) is 12.8 Å². The van der Waals surface area contributed by atoms with Crippen molar-refractivity contribution in [2.45, 2.75) is 16.8 Å². The number of para-hydroxylation sites is 1. The minimum atomic E-state index is -4.00. The summed E-state index contributed by atoms with van der Waals surface area (Å²) in [6.45, 7) is 2.75. The molecule has 2 aromatic heterocycles. The zero-order valence-corrected chi connectivity index (χ0v) is 20.8. The first-order valence-electron chi connectivity index (χ1n) is 11.6. The second-order valence-electron chi connectivity index (χ2n) is 8.51. The van der Waals surface area contributed by atoms with Crippen LogP contribution in [-0.2, 0) is 14.6 Å². The molecule has 9 nitrogen and oxygen atoms in total. The third kappa shape index (κ3) is 5.08. The lowest BCUT2D eigenvalue weighted by molar-refractivity contribution is -0.133. The topological polar surface area (TPSA) is 106 Å². The van der Waals surface area contributed by atoms with Gasteiger partial charge in [0, 0.05) is 26.2 Å². The predicted molar refractivity (Wildman–Crippen MR) is 132 cm³/mol. The largest absolute Gasteiger partial charge is 0.481 e. The number of rotatable bonds is 7. The van der Waals surface area contributed by atoms with E-state index in [9.17, 15) is 17.6 Å². The molecule has 0 N–H and O–H groups in total. The number of carbonyl (C=O) groups is 1. The molecule has 4 aromatic rings. The number of aromatic nitrogens is 1. The van der Waals surface area contributed by atoms with Gasteiger partial charge in [0.2, 0.25) is 20.7 Å². The zero-order chi connectivity index (χ0) is 26.0. The molecule has 1 fully saturated rings. The van der Waals surface area contributed by atoms with Gasteiger partial charge in [0.1, 0.15) is 0 Å². The summed E-state index contributed by atoms with van der Waals surface area (Å²) in [4.78, 5) is 20.3. The molecule has 0 spiro atoms. The number of sulfone groups is 1. The maximum absolute atomic E-state index is 13.8. The minimum absolute atomic E-state index is 0.00700. The number of carbonyl (C=O) groups excluding carboxylic acids is 1. The summed E-state index contributed by atoms with van der Waals surface area (Å²) in [6.07, 6.45) is 1.45. The lowest BCUT2D eigenvalue weighted by Crippen LogP contribution is -2.50. The highest BCUT2D eigenvalue weighted by Gasteiger charge is 2.34. The molecule has 0 aliphatic carbocycles. The smallest absolute Gasteiger partial charge is 0.266 e. The molecule has 0 bridgehead atoms. The molecule has 0 unspecified atom stereocenters. The summed E-state index contributed by atoms with van der Waals surface area (Å²) >= 11 is 0. The van der Waals surface area contributed by atoms with Crippen molar-refractivity contribution in [3.63, 3.8) is 0 Å². The van der Waals surface area contributed by atoms with Crippen molar-refractivity contribution in [1.29, 1.82) is 0 Å². The standard InChI is InChI=1S/C26H24FN3O6S/c1-18-8-10-19(11-9-18)37(32,33)25-26(36-24(28-25)22-7-4-16-34-22)30-14-12-29(13-15-30)23(31)17-35-21-6-3-2-5-20(21)27/h2-11,16H,12-15,17H2,1H3. The second-order valence-corrected chi connectivity index (χ2v) is 10.4. The van der Waals surface area contributed by atoms with Crippen LogP contribution in [0.15, 0.2) is 85.7 Å². The molecule has 0 atom stereocenters. The summed E-state index contributed by atoms with van der Waals surface area (Å²) in [5.74, 6) is -0.410. The number of oxazole rings is 1. The lowest BCUT2D eigenvalue weighted by Gasteiger charge is -2.34. The van der Waals surface area contributed by atoms with Crippen molar-refractivity contribution in [2.75, 3.05) is 37.7 Å². The summed E-state index contributed by atoms with van der Waals surface area (Å²) in [7, 11) is -4.00. The molecule has 3 heterocycles. The first kappa shape index (κ1) is 24.6. The van der Waals surface area contributed by atoms with Crippen LogP contribution in [0.2, 0.25) is 0 Å². The van der Waals surface area contributed by atoms with Crippen molar-refractivity contribution in [2.24, 2.45) is 0 Å². The number of nitrogens with zero attached hydrogens (tertiary/aromatic N) is 3. The Bertz CT molecular complexity index is 1490. The number of halogens is 1. The molecule has 11 heteroatoms. The predicted octanol–water partition coefficient (Wildman–Crippen LogP) is 3.94. The molecular weight excluding hydrogens is 501 g/mol. The lowest BCUT2D eigenvalue weighted by atomic mass is 10.2. The Morgan fingerprint density at radius 2 is 1.76 bits per heavy atom. The quantitative estimate of drug-likeness (QED) is 0.357. The van der Waals surface area contributed by atoms with Gasteiger partial charge >= 0.3 is 0 Å². The van der Waals surface area contributed by atoms with Gasteiger partial charge in [-0.3, -0.25) is 4.79 Å². The van der Waals surface area contributed by atoms with Gasteiger partial charge in [-0.2, -0.15) is 4.98 Å². The van der Waals surface area contributed by atoms with Gasteiger partial charge < -0.3 is 23.4 Å². The second kappa shape index (κ2) is 10.1. The fraction of sp³-hybridized carbons (Fsp3) is 0.231. The fourth-order valence-electron chi connectivity index (χ4n) is 3.96. The van der Waals surface area contributed by atoms with Crippen LogP contribution in [0.3, 0.4) is 0 Å². The zero-order valence-electron chi connectivity index (χ0n) is 20.0. The highest BCUT2D eigenvalue weighted by molar-refractivity contribution is 7.91. The van der Waals surface area contributed by atoms with E-state index < -0.39 is 15.7 Å². The molecule has 0 saturated carbocycles. The van der Waals surface area contributed by atoms with Gasteiger partial charge in [0.05, 0.1) is 11.2 Å². The number of furan rings is 1. The van der Waals surface area contributed by atoms with Crippen molar-refractivity contribution < 1.29 is 31.2 Å². The summed E-state index contributed by atoms with van der Waals surface area (Å²) < 4.78 is 57.4. The van der Waals surface area contributed by atoms with Crippen LogP contribution >= 0.6 is 0 Å². The van der Waals surface area contributed by atoms with Gasteiger partial charge in [0.15, 0.2) is 23.9 Å². The SMILES string of the molecule is Cc1ccc(S(=O)(=O)c2nc(-c3ccco3)oc2N2CCN(C(=O)COc3ccccc3F)CC2)cc1. The van der Waals surface area contributed by atoms with Gasteiger partial charge in [-0.1, -0.05) is 29.8 Å². The molecule has 0 radical (unpaired) electrons. The molecule has 1 aliphatic rings. The summed E-state index contributed by atoms with van der Waals surface area (Å²) in [5.41, 5.74) is 0.926. The summed E-state index contributed by atoms with van der Waals surface area (Å²) in [6, 6.07) is 15.7. The Morgan fingerprint density at radius 1 is 1.03 bits per heavy atom. The number of hydrogen-bond donors (Lipinski definition) is 0. The number of aryl methyl sites for hydroxylation is 1. The van der Waals surface area contributed by atoms with E-state index in [0.717, 1.165) is 5.56 Å². The van der Waals surface area contributed by atoms with Crippen LogP contribution in [0.4, 0.5) is 10.3 Å². The molecular formula is C26H24FN3O6S. The van der Waals surface area contributed by atoms with E-state index in [-0.39, 0.29) is 40.0 Å². The Morgan fingerprint density at radius 3 is 2.43 bits per heavy atom. The minimum Gasteiger partial charge on any atom is -0.481 e. The van der Waals surface area contributed by atoms with E-state index in [1.54, 1.807) is 40.1 Å². The van der Waals surface area contributed by atoms with Crippen LogP contribution < -0.4 is 9.64 Å². The number of hydrogen-bond acceptors (Lipinski definition) is 8. The highest BCUT2D eigenvalue weighted by Crippen LogP contribution is 2.35. The average Bonchev–Trinajstić information content (AvgIpc) is 3.59. The molecule has 5 rings (SSSR count). The van der Waals surface area contributed by atoms with E-state index in [1.807, 2.05) is 6.92 Å². The molecule has 37 heavy (non-hydrogen) atoms. The average molecular weight is 526 g/mol. The molecule has 1 saturated heterocycles. The van der Waals surface area contributed by atoms with Crippen molar-refractivity contribution >= 4 is 21.6 Å². The van der Waals surface area contributed by atoms with Crippen molar-refractivity contribution in [1.82, 2.24) is 9.88 Å². The van der Waals surface area contributed by atoms with E-state index in [0.29, 0.717) is 31.9 Å². The maximum atomic E-state index is 13.8. The molecule has 1 amide bonds. The fourth-order valence-corrected chi connectivity index (χ4v) is 5.28.